The molecule has 0 bridgehead atoms. The van der Waals surface area contributed by atoms with Gasteiger partial charge in [-0.2, -0.15) is 0 Å². The molecule has 0 heterocycles. The highest BCUT2D eigenvalue weighted by Gasteiger charge is 2.25. The Balaban J connectivity index is 2.69. The third-order valence-corrected chi connectivity index (χ3v) is 2.38. The minimum absolute atomic E-state index is 0.0364. The summed E-state index contributed by atoms with van der Waals surface area (Å²) in [5.41, 5.74) is 0.655. The van der Waals surface area contributed by atoms with Crippen LogP contribution in [0.2, 0.25) is 0 Å². The molecule has 1 aromatic rings. The molecule has 1 rings (SSSR count). The van der Waals surface area contributed by atoms with Crippen LogP contribution < -0.4 is 0 Å². The van der Waals surface area contributed by atoms with Gasteiger partial charge < -0.3 is 9.47 Å². The van der Waals surface area contributed by atoms with Crippen LogP contribution in [-0.4, -0.2) is 24.8 Å². The van der Waals surface area contributed by atoms with Crippen molar-refractivity contribution in [1.82, 2.24) is 0 Å². The predicted octanol–water partition coefficient (Wildman–Crippen LogP) is 2.66. The number of carbonyl (C=O) groups is 1. The zero-order valence-corrected chi connectivity index (χ0v) is 10.2. The molecule has 0 amide bonds. The Morgan fingerprint density at radius 1 is 1.25 bits per heavy atom. The standard InChI is InChI=1S/C13H18O3/c1-10(16-13(2,3)15-4)12(14)11-8-6-5-7-9-11/h5-10H,1-4H3. The number of methoxy groups -OCH3 is 1. The van der Waals surface area contributed by atoms with Crippen molar-refractivity contribution in [2.24, 2.45) is 0 Å². The van der Waals surface area contributed by atoms with Crippen molar-refractivity contribution in [1.29, 1.82) is 0 Å². The normalized spacial score (nSPS) is 13.5. The first-order chi connectivity index (χ1) is 7.46. The van der Waals surface area contributed by atoms with Crippen LogP contribution >= 0.6 is 0 Å². The van der Waals surface area contributed by atoms with Gasteiger partial charge in [0.15, 0.2) is 11.6 Å². The van der Waals surface area contributed by atoms with Gasteiger partial charge in [0.2, 0.25) is 0 Å². The minimum Gasteiger partial charge on any atom is -0.354 e. The van der Waals surface area contributed by atoms with Crippen LogP contribution in [0, 0.1) is 0 Å². The van der Waals surface area contributed by atoms with Gasteiger partial charge in [-0.05, 0) is 20.8 Å². The van der Waals surface area contributed by atoms with Gasteiger partial charge in [-0.15, -0.1) is 0 Å². The number of hydrogen-bond donors (Lipinski definition) is 0. The van der Waals surface area contributed by atoms with Crippen molar-refractivity contribution in [3.05, 3.63) is 35.9 Å². The molecule has 0 saturated heterocycles. The van der Waals surface area contributed by atoms with Gasteiger partial charge in [0.25, 0.3) is 0 Å². The summed E-state index contributed by atoms with van der Waals surface area (Å²) in [7, 11) is 1.56. The topological polar surface area (TPSA) is 35.5 Å². The van der Waals surface area contributed by atoms with E-state index in [1.54, 1.807) is 40.0 Å². The van der Waals surface area contributed by atoms with E-state index in [1.807, 2.05) is 18.2 Å². The molecule has 0 fully saturated rings. The molecular weight excluding hydrogens is 204 g/mol. The summed E-state index contributed by atoms with van der Waals surface area (Å²) in [5.74, 6) is -0.783. The fraction of sp³-hybridized carbons (Fsp3) is 0.462. The van der Waals surface area contributed by atoms with Crippen LogP contribution in [-0.2, 0) is 9.47 Å². The summed E-state index contributed by atoms with van der Waals surface area (Å²) in [6.45, 7) is 5.29. The second kappa shape index (κ2) is 5.23. The first-order valence-corrected chi connectivity index (χ1v) is 5.28. The van der Waals surface area contributed by atoms with Crippen LogP contribution in [0.4, 0.5) is 0 Å². The first-order valence-electron chi connectivity index (χ1n) is 5.28. The smallest absolute Gasteiger partial charge is 0.191 e. The van der Waals surface area contributed by atoms with E-state index in [9.17, 15) is 4.79 Å². The van der Waals surface area contributed by atoms with Gasteiger partial charge in [-0.25, -0.2) is 0 Å². The number of rotatable bonds is 5. The Hall–Kier alpha value is -1.19. The molecule has 1 unspecified atom stereocenters. The Morgan fingerprint density at radius 3 is 2.31 bits per heavy atom. The Kier molecular flexibility index (Phi) is 4.21. The molecule has 0 spiro atoms. The number of carbonyl (C=O) groups excluding carboxylic acids is 1. The third-order valence-electron chi connectivity index (χ3n) is 2.38. The SMILES string of the molecule is COC(C)(C)OC(C)C(=O)c1ccccc1. The van der Waals surface area contributed by atoms with Crippen molar-refractivity contribution in [2.45, 2.75) is 32.7 Å². The lowest BCUT2D eigenvalue weighted by Crippen LogP contribution is -2.35. The maximum Gasteiger partial charge on any atom is 0.191 e. The Labute approximate surface area is 96.4 Å². The summed E-state index contributed by atoms with van der Waals surface area (Å²) in [6, 6.07) is 9.11. The average Bonchev–Trinajstić information content (AvgIpc) is 2.28. The molecule has 3 nitrogen and oxygen atoms in total. The summed E-state index contributed by atoms with van der Waals surface area (Å²) >= 11 is 0. The molecule has 3 heteroatoms. The molecule has 16 heavy (non-hydrogen) atoms. The van der Waals surface area contributed by atoms with Crippen molar-refractivity contribution < 1.29 is 14.3 Å². The van der Waals surface area contributed by atoms with Crippen LogP contribution in [0.1, 0.15) is 31.1 Å². The van der Waals surface area contributed by atoms with Gasteiger partial charge in [0, 0.05) is 12.7 Å². The van der Waals surface area contributed by atoms with Gasteiger partial charge >= 0.3 is 0 Å². The maximum atomic E-state index is 12.0. The Bertz CT molecular complexity index is 343. The van der Waals surface area contributed by atoms with Crippen molar-refractivity contribution in [3.63, 3.8) is 0 Å². The molecule has 88 valence electrons. The fourth-order valence-electron chi connectivity index (χ4n) is 1.36. The number of benzene rings is 1. The molecule has 0 aliphatic rings. The predicted molar refractivity (Wildman–Crippen MR) is 62.4 cm³/mol. The number of ether oxygens (including phenoxy) is 2. The molecule has 0 N–H and O–H groups in total. The van der Waals surface area contributed by atoms with E-state index < -0.39 is 11.9 Å². The second-order valence-corrected chi connectivity index (χ2v) is 4.09. The number of Topliss-reactive ketones (excluding diaryl/α,β-unsaturated/α-hetero) is 1. The number of hydrogen-bond acceptors (Lipinski definition) is 3. The largest absolute Gasteiger partial charge is 0.354 e. The van der Waals surface area contributed by atoms with Crippen molar-refractivity contribution >= 4 is 5.78 Å². The number of ketones is 1. The lowest BCUT2D eigenvalue weighted by atomic mass is 10.1. The van der Waals surface area contributed by atoms with Crippen molar-refractivity contribution in [3.8, 4) is 0 Å². The zero-order chi connectivity index (χ0) is 12.2. The van der Waals surface area contributed by atoms with Gasteiger partial charge in [-0.3, -0.25) is 4.79 Å². The van der Waals surface area contributed by atoms with E-state index in [-0.39, 0.29) is 5.78 Å². The molecule has 0 aromatic heterocycles. The van der Waals surface area contributed by atoms with E-state index in [0.29, 0.717) is 5.56 Å². The molecule has 0 radical (unpaired) electrons. The highest BCUT2D eigenvalue weighted by molar-refractivity contribution is 5.99. The van der Waals surface area contributed by atoms with E-state index in [2.05, 4.69) is 0 Å². The Morgan fingerprint density at radius 2 is 1.81 bits per heavy atom. The van der Waals surface area contributed by atoms with Gasteiger partial charge in [0.1, 0.15) is 6.10 Å². The highest BCUT2D eigenvalue weighted by Crippen LogP contribution is 2.15. The average molecular weight is 222 g/mol. The van der Waals surface area contributed by atoms with Crippen LogP contribution in [0.3, 0.4) is 0 Å². The third kappa shape index (κ3) is 3.43. The van der Waals surface area contributed by atoms with Crippen LogP contribution in [0.5, 0.6) is 0 Å². The second-order valence-electron chi connectivity index (χ2n) is 4.09. The maximum absolute atomic E-state index is 12.0. The highest BCUT2D eigenvalue weighted by atomic mass is 16.7. The molecule has 1 aromatic carbocycles. The summed E-state index contributed by atoms with van der Waals surface area (Å²) in [6.07, 6.45) is -0.516. The van der Waals surface area contributed by atoms with Crippen LogP contribution in [0.15, 0.2) is 30.3 Å². The molecule has 0 aliphatic heterocycles. The van der Waals surface area contributed by atoms with Crippen molar-refractivity contribution in [2.75, 3.05) is 7.11 Å². The quantitative estimate of drug-likeness (QED) is 0.567. The summed E-state index contributed by atoms with van der Waals surface area (Å²) < 4.78 is 10.7. The van der Waals surface area contributed by atoms with E-state index in [0.717, 1.165) is 0 Å². The van der Waals surface area contributed by atoms with Crippen LogP contribution in [0.25, 0.3) is 0 Å². The van der Waals surface area contributed by atoms with Gasteiger partial charge in [-0.1, -0.05) is 30.3 Å². The molecule has 1 atom stereocenters. The monoisotopic (exact) mass is 222 g/mol. The molecule has 0 saturated carbocycles. The van der Waals surface area contributed by atoms with E-state index >= 15 is 0 Å². The van der Waals surface area contributed by atoms with E-state index in [4.69, 9.17) is 9.47 Å². The summed E-state index contributed by atoms with van der Waals surface area (Å²) in [5, 5.41) is 0. The first kappa shape index (κ1) is 12.9. The molecular formula is C13H18O3. The zero-order valence-electron chi connectivity index (χ0n) is 10.2. The fourth-order valence-corrected chi connectivity index (χ4v) is 1.36. The minimum atomic E-state index is -0.746. The van der Waals surface area contributed by atoms with Gasteiger partial charge in [0.05, 0.1) is 0 Å². The van der Waals surface area contributed by atoms with E-state index in [1.165, 1.54) is 0 Å². The lowest BCUT2D eigenvalue weighted by Gasteiger charge is -2.26. The lowest BCUT2D eigenvalue weighted by molar-refractivity contribution is -0.209. The summed E-state index contributed by atoms with van der Waals surface area (Å²) in [4.78, 5) is 12.0. The molecule has 0 aliphatic carbocycles.